The number of carboxylic acid groups (broad SMARTS) is 1. The topological polar surface area (TPSA) is 57.5 Å². The first-order valence-electron chi connectivity index (χ1n) is 5.30. The van der Waals surface area contributed by atoms with E-state index >= 15 is 0 Å². The molecule has 0 radical (unpaired) electrons. The average molecular weight is 198 g/mol. The fourth-order valence-corrected chi connectivity index (χ4v) is 3.66. The maximum atomic E-state index is 10.8. The zero-order valence-electron chi connectivity index (χ0n) is 8.79. The van der Waals surface area contributed by atoms with Crippen LogP contribution in [0.4, 0.5) is 0 Å². The first-order chi connectivity index (χ1) is 6.40. The van der Waals surface area contributed by atoms with E-state index in [1.807, 2.05) is 13.8 Å². The molecule has 0 spiro atoms. The van der Waals surface area contributed by atoms with E-state index in [0.29, 0.717) is 5.92 Å². The molecular formula is C11H18O3. The van der Waals surface area contributed by atoms with Crippen molar-refractivity contribution in [3.8, 4) is 0 Å². The maximum absolute atomic E-state index is 10.8. The Kier molecular flexibility index (Phi) is 1.94. The molecule has 0 aromatic carbocycles. The molecule has 80 valence electrons. The molecule has 4 atom stereocenters. The lowest BCUT2D eigenvalue weighted by Gasteiger charge is -2.38. The van der Waals surface area contributed by atoms with Gasteiger partial charge in [0.1, 0.15) is 0 Å². The Balaban J connectivity index is 2.31. The minimum Gasteiger partial charge on any atom is -0.481 e. The molecule has 2 N–H and O–H groups in total. The van der Waals surface area contributed by atoms with Crippen molar-refractivity contribution in [1.82, 2.24) is 0 Å². The standard InChI is InChI=1S/C11H18O3/c1-10-4-3-7(5-8(10)12)11(10,2)6-9(13)14/h7-8,12H,3-6H2,1-2H3,(H,13,14)/t7-,8+,10+,11+/m0/s1. The summed E-state index contributed by atoms with van der Waals surface area (Å²) >= 11 is 0. The maximum Gasteiger partial charge on any atom is 0.303 e. The quantitative estimate of drug-likeness (QED) is 0.709. The van der Waals surface area contributed by atoms with Crippen LogP contribution in [0.1, 0.15) is 39.5 Å². The highest BCUT2D eigenvalue weighted by Crippen LogP contribution is 2.67. The zero-order valence-corrected chi connectivity index (χ0v) is 8.79. The minimum atomic E-state index is -0.736. The molecule has 0 saturated heterocycles. The number of aliphatic hydroxyl groups excluding tert-OH is 1. The van der Waals surface area contributed by atoms with Gasteiger partial charge >= 0.3 is 5.97 Å². The first kappa shape index (κ1) is 9.97. The molecule has 3 nitrogen and oxygen atoms in total. The lowest BCUT2D eigenvalue weighted by Crippen LogP contribution is -2.38. The highest BCUT2D eigenvalue weighted by Gasteiger charge is 2.63. The van der Waals surface area contributed by atoms with Crippen LogP contribution >= 0.6 is 0 Å². The smallest absolute Gasteiger partial charge is 0.303 e. The number of carboxylic acids is 1. The molecule has 2 bridgehead atoms. The molecule has 2 rings (SSSR count). The molecule has 0 heterocycles. The summed E-state index contributed by atoms with van der Waals surface area (Å²) in [5, 5.41) is 18.9. The van der Waals surface area contributed by atoms with Crippen LogP contribution in [0.3, 0.4) is 0 Å². The van der Waals surface area contributed by atoms with Crippen molar-refractivity contribution < 1.29 is 15.0 Å². The minimum absolute atomic E-state index is 0.171. The van der Waals surface area contributed by atoms with Crippen LogP contribution in [0.25, 0.3) is 0 Å². The second-order valence-electron chi connectivity index (χ2n) is 5.39. The lowest BCUT2D eigenvalue weighted by molar-refractivity contribution is -0.142. The van der Waals surface area contributed by atoms with Gasteiger partial charge in [-0.1, -0.05) is 13.8 Å². The Hall–Kier alpha value is -0.570. The van der Waals surface area contributed by atoms with E-state index in [9.17, 15) is 9.90 Å². The van der Waals surface area contributed by atoms with E-state index < -0.39 is 5.97 Å². The second-order valence-corrected chi connectivity index (χ2v) is 5.39. The number of hydrogen-bond acceptors (Lipinski definition) is 2. The van der Waals surface area contributed by atoms with Gasteiger partial charge in [-0.3, -0.25) is 4.79 Å². The Labute approximate surface area is 84.1 Å². The highest BCUT2D eigenvalue weighted by molar-refractivity contribution is 5.68. The van der Waals surface area contributed by atoms with Crippen LogP contribution < -0.4 is 0 Å². The van der Waals surface area contributed by atoms with Crippen molar-refractivity contribution in [1.29, 1.82) is 0 Å². The van der Waals surface area contributed by atoms with E-state index in [0.717, 1.165) is 19.3 Å². The van der Waals surface area contributed by atoms with Crippen LogP contribution in [-0.4, -0.2) is 22.3 Å². The molecule has 0 unspecified atom stereocenters. The van der Waals surface area contributed by atoms with Gasteiger partial charge in [0, 0.05) is 0 Å². The average Bonchev–Trinajstić information content (AvgIpc) is 2.37. The van der Waals surface area contributed by atoms with Gasteiger partial charge in [-0.15, -0.1) is 0 Å². The normalized spacial score (nSPS) is 51.1. The van der Waals surface area contributed by atoms with Gasteiger partial charge in [-0.25, -0.2) is 0 Å². The van der Waals surface area contributed by atoms with E-state index in [1.165, 1.54) is 0 Å². The van der Waals surface area contributed by atoms with Gasteiger partial charge in [-0.2, -0.15) is 0 Å². The SMILES string of the molecule is C[C@@]1(CC(=O)O)[C@H]2CC[C@]1(C)[C@H](O)C2. The number of fused-ring (bicyclic) bond motifs is 2. The molecule has 14 heavy (non-hydrogen) atoms. The third-order valence-electron chi connectivity index (χ3n) is 4.98. The van der Waals surface area contributed by atoms with Crippen LogP contribution in [0, 0.1) is 16.7 Å². The molecule has 0 aliphatic heterocycles. The molecule has 2 aliphatic rings. The monoisotopic (exact) mass is 198 g/mol. The summed E-state index contributed by atoms with van der Waals surface area (Å²) < 4.78 is 0. The van der Waals surface area contributed by atoms with Crippen LogP contribution in [0.5, 0.6) is 0 Å². The van der Waals surface area contributed by atoms with Crippen molar-refractivity contribution >= 4 is 5.97 Å². The van der Waals surface area contributed by atoms with E-state index in [4.69, 9.17) is 5.11 Å². The van der Waals surface area contributed by atoms with E-state index in [1.54, 1.807) is 0 Å². The predicted octanol–water partition coefficient (Wildman–Crippen LogP) is 1.65. The molecule has 2 fully saturated rings. The van der Waals surface area contributed by atoms with Gasteiger partial charge in [0.25, 0.3) is 0 Å². The van der Waals surface area contributed by atoms with Crippen molar-refractivity contribution in [3.63, 3.8) is 0 Å². The van der Waals surface area contributed by atoms with Crippen LogP contribution in [0.2, 0.25) is 0 Å². The molecule has 0 aromatic heterocycles. The Bertz CT molecular complexity index is 276. The Morgan fingerprint density at radius 2 is 2.14 bits per heavy atom. The number of carbonyl (C=O) groups is 1. The number of rotatable bonds is 2. The fourth-order valence-electron chi connectivity index (χ4n) is 3.66. The molecule has 2 aliphatic carbocycles. The summed E-state index contributed by atoms with van der Waals surface area (Å²) in [6.07, 6.45) is 2.75. The van der Waals surface area contributed by atoms with Gasteiger partial charge in [-0.05, 0) is 36.0 Å². The predicted molar refractivity (Wildman–Crippen MR) is 51.8 cm³/mol. The summed E-state index contributed by atoms with van der Waals surface area (Å²) in [5.41, 5.74) is -0.367. The largest absolute Gasteiger partial charge is 0.481 e. The summed E-state index contributed by atoms with van der Waals surface area (Å²) in [6.45, 7) is 4.09. The molecule has 0 amide bonds. The van der Waals surface area contributed by atoms with Crippen molar-refractivity contribution in [2.45, 2.75) is 45.6 Å². The van der Waals surface area contributed by atoms with Crippen LogP contribution in [-0.2, 0) is 4.79 Å². The fraction of sp³-hybridized carbons (Fsp3) is 0.909. The third-order valence-corrected chi connectivity index (χ3v) is 4.98. The molecule has 2 saturated carbocycles. The van der Waals surface area contributed by atoms with Gasteiger partial charge in [0.15, 0.2) is 0 Å². The number of aliphatic carboxylic acids is 1. The van der Waals surface area contributed by atoms with Gasteiger partial charge < -0.3 is 10.2 Å². The summed E-state index contributed by atoms with van der Waals surface area (Å²) in [6, 6.07) is 0. The summed E-state index contributed by atoms with van der Waals surface area (Å²) in [4.78, 5) is 10.8. The highest BCUT2D eigenvalue weighted by atomic mass is 16.4. The lowest BCUT2D eigenvalue weighted by atomic mass is 9.66. The zero-order chi connectivity index (χ0) is 10.6. The van der Waals surface area contributed by atoms with E-state index in [-0.39, 0.29) is 23.4 Å². The first-order valence-corrected chi connectivity index (χ1v) is 5.30. The second kappa shape index (κ2) is 2.72. The third kappa shape index (κ3) is 0.991. The van der Waals surface area contributed by atoms with Crippen molar-refractivity contribution in [2.75, 3.05) is 0 Å². The summed E-state index contributed by atoms with van der Waals surface area (Å²) in [5.74, 6) is -0.335. The Morgan fingerprint density at radius 3 is 2.50 bits per heavy atom. The molecular weight excluding hydrogens is 180 g/mol. The molecule has 0 aromatic rings. The summed E-state index contributed by atoms with van der Waals surface area (Å²) in [7, 11) is 0. The van der Waals surface area contributed by atoms with Gasteiger partial charge in [0.2, 0.25) is 0 Å². The Morgan fingerprint density at radius 1 is 1.50 bits per heavy atom. The van der Waals surface area contributed by atoms with Gasteiger partial charge in [0.05, 0.1) is 12.5 Å². The van der Waals surface area contributed by atoms with E-state index in [2.05, 4.69) is 0 Å². The van der Waals surface area contributed by atoms with Crippen LogP contribution in [0.15, 0.2) is 0 Å². The molecule has 3 heteroatoms. The van der Waals surface area contributed by atoms with Crippen molar-refractivity contribution in [3.05, 3.63) is 0 Å². The number of aliphatic hydroxyl groups is 1. The number of hydrogen-bond donors (Lipinski definition) is 2. The van der Waals surface area contributed by atoms with Crippen molar-refractivity contribution in [2.24, 2.45) is 16.7 Å².